The van der Waals surface area contributed by atoms with E-state index in [2.05, 4.69) is 21.2 Å². The molecule has 0 spiro atoms. The van der Waals surface area contributed by atoms with Crippen LogP contribution in [0.25, 0.3) is 0 Å². The molecular formula is C15H16BrN3O. The lowest BCUT2D eigenvalue weighted by molar-refractivity contribution is 0.102. The van der Waals surface area contributed by atoms with E-state index < -0.39 is 0 Å². The number of hydrogen-bond acceptors (Lipinski definition) is 3. The fourth-order valence-electron chi connectivity index (χ4n) is 1.88. The van der Waals surface area contributed by atoms with Crippen LogP contribution in [0, 0.1) is 0 Å². The Morgan fingerprint density at radius 3 is 2.50 bits per heavy atom. The topological polar surface area (TPSA) is 58.4 Å². The zero-order valence-corrected chi connectivity index (χ0v) is 12.9. The second kappa shape index (κ2) is 5.96. The Morgan fingerprint density at radius 2 is 1.90 bits per heavy atom. The van der Waals surface area contributed by atoms with Crippen molar-refractivity contribution in [3.8, 4) is 0 Å². The molecule has 4 nitrogen and oxygen atoms in total. The fourth-order valence-corrected chi connectivity index (χ4v) is 2.35. The molecule has 0 saturated heterocycles. The lowest BCUT2D eigenvalue weighted by atomic mass is 10.2. The maximum absolute atomic E-state index is 12.2. The predicted octanol–water partition coefficient (Wildman–Crippen LogP) is 3.35. The van der Waals surface area contributed by atoms with Gasteiger partial charge < -0.3 is 16.0 Å². The fraction of sp³-hybridized carbons (Fsp3) is 0.133. The smallest absolute Gasteiger partial charge is 0.256 e. The van der Waals surface area contributed by atoms with Crippen LogP contribution < -0.4 is 16.0 Å². The highest BCUT2D eigenvalue weighted by molar-refractivity contribution is 9.10. The van der Waals surface area contributed by atoms with Gasteiger partial charge in [0, 0.05) is 24.3 Å². The summed E-state index contributed by atoms with van der Waals surface area (Å²) in [5, 5.41) is 2.84. The number of benzene rings is 2. The molecule has 5 heteroatoms. The summed E-state index contributed by atoms with van der Waals surface area (Å²) in [4.78, 5) is 14.1. The molecule has 0 radical (unpaired) electrons. The molecule has 104 valence electrons. The van der Waals surface area contributed by atoms with Crippen molar-refractivity contribution >= 4 is 38.9 Å². The van der Waals surface area contributed by atoms with Crippen LogP contribution in [0.5, 0.6) is 0 Å². The van der Waals surface area contributed by atoms with Gasteiger partial charge in [0.25, 0.3) is 5.91 Å². The molecule has 20 heavy (non-hydrogen) atoms. The van der Waals surface area contributed by atoms with Crippen LogP contribution in [0.2, 0.25) is 0 Å². The normalized spacial score (nSPS) is 10.2. The number of nitrogens with zero attached hydrogens (tertiary/aromatic N) is 1. The minimum Gasteiger partial charge on any atom is -0.397 e. The van der Waals surface area contributed by atoms with Gasteiger partial charge in [-0.05, 0) is 46.3 Å². The van der Waals surface area contributed by atoms with Crippen molar-refractivity contribution in [1.82, 2.24) is 0 Å². The van der Waals surface area contributed by atoms with Crippen LogP contribution in [0.15, 0.2) is 46.9 Å². The number of nitrogen functional groups attached to an aromatic ring is 1. The number of halogens is 1. The molecule has 2 rings (SSSR count). The van der Waals surface area contributed by atoms with Crippen LogP contribution >= 0.6 is 15.9 Å². The maximum atomic E-state index is 12.2. The molecule has 0 aliphatic carbocycles. The molecule has 0 fully saturated rings. The molecule has 2 aromatic rings. The Morgan fingerprint density at radius 1 is 1.20 bits per heavy atom. The largest absolute Gasteiger partial charge is 0.397 e. The molecule has 1 amide bonds. The summed E-state index contributed by atoms with van der Waals surface area (Å²) >= 11 is 3.36. The van der Waals surface area contributed by atoms with E-state index in [1.54, 1.807) is 12.1 Å². The maximum Gasteiger partial charge on any atom is 0.256 e. The van der Waals surface area contributed by atoms with Gasteiger partial charge in [0.15, 0.2) is 0 Å². The minimum atomic E-state index is -0.172. The summed E-state index contributed by atoms with van der Waals surface area (Å²) in [5.41, 5.74) is 8.77. The molecule has 0 aliphatic rings. The Labute approximate surface area is 126 Å². The first-order valence-corrected chi connectivity index (χ1v) is 6.91. The van der Waals surface area contributed by atoms with Crippen molar-refractivity contribution in [2.24, 2.45) is 0 Å². The van der Waals surface area contributed by atoms with Gasteiger partial charge in [-0.1, -0.05) is 12.1 Å². The van der Waals surface area contributed by atoms with Crippen molar-refractivity contribution < 1.29 is 4.79 Å². The van der Waals surface area contributed by atoms with E-state index in [0.29, 0.717) is 16.9 Å². The lowest BCUT2D eigenvalue weighted by Gasteiger charge is -2.16. The molecule has 2 aromatic carbocycles. The van der Waals surface area contributed by atoms with E-state index >= 15 is 0 Å². The molecule has 0 atom stereocenters. The van der Waals surface area contributed by atoms with E-state index in [1.165, 1.54) is 0 Å². The summed E-state index contributed by atoms with van der Waals surface area (Å²) in [6, 6.07) is 12.7. The van der Waals surface area contributed by atoms with E-state index in [1.807, 2.05) is 49.3 Å². The van der Waals surface area contributed by atoms with Crippen LogP contribution in [0.4, 0.5) is 17.1 Å². The highest BCUT2D eigenvalue weighted by atomic mass is 79.9. The van der Waals surface area contributed by atoms with Crippen molar-refractivity contribution in [1.29, 1.82) is 0 Å². The first-order valence-electron chi connectivity index (χ1n) is 6.12. The lowest BCUT2D eigenvalue weighted by Crippen LogP contribution is -2.14. The molecular weight excluding hydrogens is 318 g/mol. The van der Waals surface area contributed by atoms with Gasteiger partial charge in [0.05, 0.1) is 16.9 Å². The summed E-state index contributed by atoms with van der Waals surface area (Å²) < 4.78 is 0.760. The third-order valence-corrected chi connectivity index (χ3v) is 3.58. The van der Waals surface area contributed by atoms with E-state index in [9.17, 15) is 4.79 Å². The summed E-state index contributed by atoms with van der Waals surface area (Å²) in [5.74, 6) is -0.172. The zero-order valence-electron chi connectivity index (χ0n) is 11.4. The van der Waals surface area contributed by atoms with Crippen molar-refractivity contribution in [2.45, 2.75) is 0 Å². The van der Waals surface area contributed by atoms with Crippen molar-refractivity contribution in [3.05, 3.63) is 52.5 Å². The molecule has 0 unspecified atom stereocenters. The first kappa shape index (κ1) is 14.4. The van der Waals surface area contributed by atoms with Crippen LogP contribution in [-0.4, -0.2) is 20.0 Å². The molecule has 0 aliphatic heterocycles. The SMILES string of the molecule is CN(C)c1ccc(NC(=O)c2ccccc2Br)cc1N. The highest BCUT2D eigenvalue weighted by Crippen LogP contribution is 2.25. The Bertz CT molecular complexity index is 641. The number of carbonyl (C=O) groups is 1. The zero-order chi connectivity index (χ0) is 14.7. The van der Waals surface area contributed by atoms with Gasteiger partial charge in [-0.2, -0.15) is 0 Å². The van der Waals surface area contributed by atoms with Crippen LogP contribution in [-0.2, 0) is 0 Å². The van der Waals surface area contributed by atoms with Crippen molar-refractivity contribution in [2.75, 3.05) is 30.0 Å². The number of anilines is 3. The number of rotatable bonds is 3. The molecule has 0 heterocycles. The molecule has 3 N–H and O–H groups in total. The van der Waals surface area contributed by atoms with Crippen molar-refractivity contribution in [3.63, 3.8) is 0 Å². The number of nitrogens with two attached hydrogens (primary N) is 1. The van der Waals surface area contributed by atoms with Crippen LogP contribution in [0.3, 0.4) is 0 Å². The van der Waals surface area contributed by atoms with Crippen LogP contribution in [0.1, 0.15) is 10.4 Å². The Balaban J connectivity index is 2.21. The predicted molar refractivity (Wildman–Crippen MR) is 87.3 cm³/mol. The summed E-state index contributed by atoms with van der Waals surface area (Å²) in [6.07, 6.45) is 0. The molecule has 0 aromatic heterocycles. The monoisotopic (exact) mass is 333 g/mol. The summed E-state index contributed by atoms with van der Waals surface area (Å²) in [6.45, 7) is 0. The van der Waals surface area contributed by atoms with Gasteiger partial charge in [0.1, 0.15) is 0 Å². The minimum absolute atomic E-state index is 0.172. The average Bonchev–Trinajstić information content (AvgIpc) is 2.38. The third-order valence-electron chi connectivity index (χ3n) is 2.89. The number of nitrogens with one attached hydrogen (secondary N) is 1. The second-order valence-corrected chi connectivity index (χ2v) is 5.46. The number of hydrogen-bond donors (Lipinski definition) is 2. The number of carbonyl (C=O) groups excluding carboxylic acids is 1. The Hall–Kier alpha value is -2.01. The third kappa shape index (κ3) is 3.11. The van der Waals surface area contributed by atoms with E-state index in [-0.39, 0.29) is 5.91 Å². The van der Waals surface area contributed by atoms with Gasteiger partial charge in [-0.15, -0.1) is 0 Å². The number of amides is 1. The highest BCUT2D eigenvalue weighted by Gasteiger charge is 2.10. The van der Waals surface area contributed by atoms with Gasteiger partial charge >= 0.3 is 0 Å². The first-order chi connectivity index (χ1) is 9.49. The Kier molecular flexibility index (Phi) is 4.29. The standard InChI is InChI=1S/C15H16BrN3O/c1-19(2)14-8-7-10(9-13(14)17)18-15(20)11-5-3-4-6-12(11)16/h3-9H,17H2,1-2H3,(H,18,20). The quantitative estimate of drug-likeness (QED) is 0.847. The average molecular weight is 334 g/mol. The second-order valence-electron chi connectivity index (χ2n) is 4.60. The summed E-state index contributed by atoms with van der Waals surface area (Å²) in [7, 11) is 3.84. The van der Waals surface area contributed by atoms with Gasteiger partial charge in [-0.3, -0.25) is 4.79 Å². The van der Waals surface area contributed by atoms with E-state index in [4.69, 9.17) is 5.73 Å². The molecule has 0 saturated carbocycles. The van der Waals surface area contributed by atoms with E-state index in [0.717, 1.165) is 10.2 Å². The molecule has 0 bridgehead atoms. The van der Waals surface area contributed by atoms with Gasteiger partial charge in [-0.25, -0.2) is 0 Å². The van der Waals surface area contributed by atoms with Gasteiger partial charge in [0.2, 0.25) is 0 Å².